The molecule has 1 aromatic rings. The van der Waals surface area contributed by atoms with E-state index in [1.165, 1.54) is 5.69 Å². The zero-order chi connectivity index (χ0) is 9.47. The van der Waals surface area contributed by atoms with Crippen molar-refractivity contribution in [3.8, 4) is 0 Å². The Labute approximate surface area is 78.7 Å². The zero-order valence-electron chi connectivity index (χ0n) is 8.50. The summed E-state index contributed by atoms with van der Waals surface area (Å²) in [6.07, 6.45) is 4.05. The molecule has 0 unspecified atom stereocenters. The normalized spacial score (nSPS) is 16.5. The highest BCUT2D eigenvalue weighted by molar-refractivity contribution is 5.14. The van der Waals surface area contributed by atoms with Crippen molar-refractivity contribution in [3.05, 3.63) is 17.7 Å². The van der Waals surface area contributed by atoms with E-state index in [9.17, 15) is 0 Å². The Balaban J connectivity index is 2.43. The number of imidazole rings is 1. The molecule has 0 N–H and O–H groups in total. The highest BCUT2D eigenvalue weighted by Crippen LogP contribution is 2.23. The summed E-state index contributed by atoms with van der Waals surface area (Å²) in [5.41, 5.74) is 1.28. The first-order chi connectivity index (χ1) is 6.09. The van der Waals surface area contributed by atoms with Gasteiger partial charge in [-0.25, -0.2) is 4.98 Å². The Kier molecular flexibility index (Phi) is 1.82. The van der Waals surface area contributed by atoms with E-state index >= 15 is 0 Å². The molecule has 0 amide bonds. The summed E-state index contributed by atoms with van der Waals surface area (Å²) in [6, 6.07) is 0. The fraction of sp³-hybridized carbons (Fsp3) is 0.700. The van der Waals surface area contributed by atoms with Crippen LogP contribution in [0.3, 0.4) is 0 Å². The summed E-state index contributed by atoms with van der Waals surface area (Å²) in [6.45, 7) is 7.34. The van der Waals surface area contributed by atoms with Crippen LogP contribution in [0.2, 0.25) is 0 Å². The van der Waals surface area contributed by atoms with Crippen LogP contribution in [0.25, 0.3) is 0 Å². The Morgan fingerprint density at radius 3 is 2.92 bits per heavy atom. The highest BCUT2D eigenvalue weighted by atomic mass is 16.7. The van der Waals surface area contributed by atoms with Crippen molar-refractivity contribution < 1.29 is 4.84 Å². The van der Waals surface area contributed by atoms with E-state index in [1.54, 1.807) is 0 Å². The van der Waals surface area contributed by atoms with Gasteiger partial charge in [0.25, 0.3) is 0 Å². The summed E-state index contributed by atoms with van der Waals surface area (Å²) in [5, 5.41) is 0. The predicted octanol–water partition coefficient (Wildman–Crippen LogP) is 1.56. The second-order valence-corrected chi connectivity index (χ2v) is 4.54. The summed E-state index contributed by atoms with van der Waals surface area (Å²) < 4.78 is 1.91. The van der Waals surface area contributed by atoms with E-state index in [1.807, 2.05) is 10.9 Å². The summed E-state index contributed by atoms with van der Waals surface area (Å²) in [7, 11) is 0. The van der Waals surface area contributed by atoms with Crippen LogP contribution < -0.4 is 4.84 Å². The van der Waals surface area contributed by atoms with Gasteiger partial charge in [0.2, 0.25) is 0 Å². The topological polar surface area (TPSA) is 27.1 Å². The van der Waals surface area contributed by atoms with Gasteiger partial charge in [0.1, 0.15) is 12.4 Å². The Hall–Kier alpha value is -0.990. The first-order valence-electron chi connectivity index (χ1n) is 4.79. The molecule has 72 valence electrons. The third kappa shape index (κ3) is 1.43. The fourth-order valence-electron chi connectivity index (χ4n) is 1.57. The SMILES string of the molecule is CC(C)(C)c1cnc2n1OCCC2. The average molecular weight is 180 g/mol. The van der Waals surface area contributed by atoms with Crippen molar-refractivity contribution in [1.29, 1.82) is 0 Å². The van der Waals surface area contributed by atoms with Gasteiger partial charge >= 0.3 is 0 Å². The molecule has 0 fully saturated rings. The van der Waals surface area contributed by atoms with Crippen LogP contribution in [-0.4, -0.2) is 16.3 Å². The van der Waals surface area contributed by atoms with Crippen molar-refractivity contribution in [2.45, 2.75) is 39.0 Å². The van der Waals surface area contributed by atoms with Gasteiger partial charge < -0.3 is 4.84 Å². The van der Waals surface area contributed by atoms with Crippen LogP contribution in [0, 0.1) is 0 Å². The Bertz CT molecular complexity index is 309. The molecule has 2 rings (SSSR count). The number of hydrogen-bond acceptors (Lipinski definition) is 2. The molecule has 0 saturated heterocycles. The van der Waals surface area contributed by atoms with Gasteiger partial charge in [-0.1, -0.05) is 20.8 Å². The molecular formula is C10H16N2O. The number of nitrogens with zero attached hydrogens (tertiary/aromatic N) is 2. The second-order valence-electron chi connectivity index (χ2n) is 4.54. The summed E-state index contributed by atoms with van der Waals surface area (Å²) in [5.74, 6) is 1.07. The lowest BCUT2D eigenvalue weighted by Crippen LogP contribution is -2.28. The molecule has 0 radical (unpaired) electrons. The van der Waals surface area contributed by atoms with E-state index in [-0.39, 0.29) is 5.41 Å². The molecule has 1 aromatic heterocycles. The van der Waals surface area contributed by atoms with Gasteiger partial charge in [0.15, 0.2) is 0 Å². The third-order valence-corrected chi connectivity index (χ3v) is 2.32. The van der Waals surface area contributed by atoms with Gasteiger partial charge in [-0.3, -0.25) is 0 Å². The van der Waals surface area contributed by atoms with Crippen molar-refractivity contribution in [1.82, 2.24) is 9.71 Å². The summed E-state index contributed by atoms with van der Waals surface area (Å²) >= 11 is 0. The van der Waals surface area contributed by atoms with Gasteiger partial charge in [-0.2, -0.15) is 4.73 Å². The average Bonchev–Trinajstić information content (AvgIpc) is 2.45. The van der Waals surface area contributed by atoms with E-state index in [0.717, 1.165) is 25.3 Å². The standard InChI is InChI=1S/C10H16N2O/c1-10(2,3)8-7-11-9-5-4-6-13-12(8)9/h7H,4-6H2,1-3H3. The van der Waals surface area contributed by atoms with Crippen molar-refractivity contribution in [3.63, 3.8) is 0 Å². The van der Waals surface area contributed by atoms with Crippen molar-refractivity contribution in [2.24, 2.45) is 0 Å². The van der Waals surface area contributed by atoms with Crippen LogP contribution in [-0.2, 0) is 11.8 Å². The van der Waals surface area contributed by atoms with Crippen LogP contribution in [0.5, 0.6) is 0 Å². The largest absolute Gasteiger partial charge is 0.412 e. The number of aromatic nitrogens is 2. The monoisotopic (exact) mass is 180 g/mol. The van der Waals surface area contributed by atoms with E-state index in [2.05, 4.69) is 25.8 Å². The molecule has 0 saturated carbocycles. The van der Waals surface area contributed by atoms with E-state index in [0.29, 0.717) is 0 Å². The molecule has 1 aliphatic rings. The maximum absolute atomic E-state index is 5.58. The molecule has 0 bridgehead atoms. The molecular weight excluding hydrogens is 164 g/mol. The number of aryl methyl sites for hydroxylation is 1. The quantitative estimate of drug-likeness (QED) is 0.605. The molecule has 0 spiro atoms. The molecule has 0 aromatic carbocycles. The van der Waals surface area contributed by atoms with Crippen LogP contribution in [0.15, 0.2) is 6.20 Å². The molecule has 0 aliphatic carbocycles. The first-order valence-corrected chi connectivity index (χ1v) is 4.79. The Morgan fingerprint density at radius 1 is 1.46 bits per heavy atom. The lowest BCUT2D eigenvalue weighted by atomic mass is 9.93. The minimum absolute atomic E-state index is 0.114. The van der Waals surface area contributed by atoms with Crippen LogP contribution >= 0.6 is 0 Å². The van der Waals surface area contributed by atoms with Gasteiger partial charge in [-0.15, -0.1) is 0 Å². The molecule has 1 aliphatic heterocycles. The number of fused-ring (bicyclic) bond motifs is 1. The number of rotatable bonds is 0. The number of hydrogen-bond donors (Lipinski definition) is 0. The molecule has 3 nitrogen and oxygen atoms in total. The van der Waals surface area contributed by atoms with Crippen LogP contribution in [0.4, 0.5) is 0 Å². The van der Waals surface area contributed by atoms with E-state index in [4.69, 9.17) is 4.84 Å². The van der Waals surface area contributed by atoms with E-state index < -0.39 is 0 Å². The lowest BCUT2D eigenvalue weighted by Gasteiger charge is -2.23. The van der Waals surface area contributed by atoms with Gasteiger partial charge in [-0.05, 0) is 6.42 Å². The maximum Gasteiger partial charge on any atom is 0.145 e. The lowest BCUT2D eigenvalue weighted by molar-refractivity contribution is 0.0692. The smallest absolute Gasteiger partial charge is 0.145 e. The molecule has 0 atom stereocenters. The minimum Gasteiger partial charge on any atom is -0.412 e. The predicted molar refractivity (Wildman–Crippen MR) is 50.7 cm³/mol. The molecule has 2 heterocycles. The Morgan fingerprint density at radius 2 is 2.23 bits per heavy atom. The van der Waals surface area contributed by atoms with Gasteiger partial charge in [0, 0.05) is 11.8 Å². The van der Waals surface area contributed by atoms with Crippen LogP contribution in [0.1, 0.15) is 38.7 Å². The molecule has 3 heteroatoms. The zero-order valence-corrected chi connectivity index (χ0v) is 8.50. The summed E-state index contributed by atoms with van der Waals surface area (Å²) in [4.78, 5) is 9.94. The maximum atomic E-state index is 5.58. The highest BCUT2D eigenvalue weighted by Gasteiger charge is 2.24. The third-order valence-electron chi connectivity index (χ3n) is 2.32. The molecule has 13 heavy (non-hydrogen) atoms. The van der Waals surface area contributed by atoms with Crippen molar-refractivity contribution in [2.75, 3.05) is 6.61 Å². The van der Waals surface area contributed by atoms with Gasteiger partial charge in [0.05, 0.1) is 11.9 Å². The first kappa shape index (κ1) is 8.60. The second kappa shape index (κ2) is 2.76. The van der Waals surface area contributed by atoms with Crippen molar-refractivity contribution >= 4 is 0 Å². The fourth-order valence-corrected chi connectivity index (χ4v) is 1.57. The minimum atomic E-state index is 0.114.